The van der Waals surface area contributed by atoms with Crippen molar-refractivity contribution in [3.8, 4) is 5.75 Å². The van der Waals surface area contributed by atoms with E-state index in [0.29, 0.717) is 19.8 Å². The van der Waals surface area contributed by atoms with Gasteiger partial charge >= 0.3 is 0 Å². The molecule has 0 aromatic heterocycles. The lowest BCUT2D eigenvalue weighted by Crippen LogP contribution is -2.38. The monoisotopic (exact) mass is 327 g/mol. The summed E-state index contributed by atoms with van der Waals surface area (Å²) in [5.74, 6) is 0.632. The van der Waals surface area contributed by atoms with Crippen molar-refractivity contribution >= 4 is 5.91 Å². The van der Waals surface area contributed by atoms with Gasteiger partial charge in [0.2, 0.25) is 0 Å². The lowest BCUT2D eigenvalue weighted by Gasteiger charge is -2.17. The first-order valence-corrected chi connectivity index (χ1v) is 8.34. The van der Waals surface area contributed by atoms with Gasteiger partial charge in [0.05, 0.1) is 13.2 Å². The van der Waals surface area contributed by atoms with Gasteiger partial charge < -0.3 is 14.8 Å². The molecule has 0 saturated heterocycles. The normalized spacial score (nSPS) is 11.8. The summed E-state index contributed by atoms with van der Waals surface area (Å²) in [6.07, 6.45) is 0.338. The van der Waals surface area contributed by atoms with E-state index in [1.165, 1.54) is 0 Å². The second-order valence-corrected chi connectivity index (χ2v) is 5.55. The molecule has 0 saturated carbocycles. The van der Waals surface area contributed by atoms with Gasteiger partial charge in [-0.2, -0.15) is 0 Å². The molecule has 0 radical (unpaired) electrons. The Morgan fingerprint density at radius 3 is 2.54 bits per heavy atom. The molecule has 4 nitrogen and oxygen atoms in total. The summed E-state index contributed by atoms with van der Waals surface area (Å²) in [5.41, 5.74) is 2.22. The van der Waals surface area contributed by atoms with Gasteiger partial charge in [0.1, 0.15) is 5.75 Å². The molecule has 2 rings (SSSR count). The van der Waals surface area contributed by atoms with E-state index in [4.69, 9.17) is 9.47 Å². The van der Waals surface area contributed by atoms with Crippen LogP contribution in [-0.2, 0) is 22.6 Å². The van der Waals surface area contributed by atoms with Crippen LogP contribution >= 0.6 is 0 Å². The molecule has 0 fully saturated rings. The molecule has 4 heteroatoms. The first-order valence-electron chi connectivity index (χ1n) is 8.34. The van der Waals surface area contributed by atoms with E-state index in [2.05, 4.69) is 12.2 Å². The minimum atomic E-state index is -0.535. The highest BCUT2D eigenvalue weighted by atomic mass is 16.5. The average Bonchev–Trinajstić information content (AvgIpc) is 2.62. The fraction of sp³-hybridized carbons (Fsp3) is 0.350. The molecule has 1 atom stereocenters. The number of hydrogen-bond acceptors (Lipinski definition) is 3. The first kappa shape index (κ1) is 18.0. The Hall–Kier alpha value is -2.33. The molecular weight excluding hydrogens is 302 g/mol. The number of aryl methyl sites for hydroxylation is 1. The maximum absolute atomic E-state index is 12.1. The van der Waals surface area contributed by atoms with Crippen LogP contribution in [0.15, 0.2) is 54.6 Å². The summed E-state index contributed by atoms with van der Waals surface area (Å²) in [7, 11) is 0. The number of nitrogens with one attached hydrogen (secondary N) is 1. The SMILES string of the molecule is CCc1ccccc1O[C@@H](C)C(=O)NCCOCc1ccccc1. The number of benzene rings is 2. The third-order valence-corrected chi connectivity index (χ3v) is 3.68. The van der Waals surface area contributed by atoms with Gasteiger partial charge in [-0.1, -0.05) is 55.5 Å². The quantitative estimate of drug-likeness (QED) is 0.719. The van der Waals surface area contributed by atoms with E-state index in [9.17, 15) is 4.79 Å². The van der Waals surface area contributed by atoms with Crippen LogP contribution in [0.1, 0.15) is 25.0 Å². The van der Waals surface area contributed by atoms with Crippen LogP contribution in [0.4, 0.5) is 0 Å². The van der Waals surface area contributed by atoms with Crippen LogP contribution in [0.25, 0.3) is 0 Å². The Balaban J connectivity index is 1.68. The van der Waals surface area contributed by atoms with E-state index in [-0.39, 0.29) is 5.91 Å². The number of rotatable bonds is 9. The number of carbonyl (C=O) groups excluding carboxylic acids is 1. The maximum Gasteiger partial charge on any atom is 0.260 e. The predicted molar refractivity (Wildman–Crippen MR) is 95.0 cm³/mol. The molecule has 0 aliphatic heterocycles. The lowest BCUT2D eigenvalue weighted by atomic mass is 10.1. The fourth-order valence-electron chi connectivity index (χ4n) is 2.31. The van der Waals surface area contributed by atoms with Gasteiger partial charge in [0.25, 0.3) is 5.91 Å². The third kappa shape index (κ3) is 5.70. The summed E-state index contributed by atoms with van der Waals surface area (Å²) in [6.45, 7) is 5.31. The van der Waals surface area contributed by atoms with Crippen LogP contribution in [0.5, 0.6) is 5.75 Å². The molecule has 0 spiro atoms. The van der Waals surface area contributed by atoms with Crippen molar-refractivity contribution in [2.75, 3.05) is 13.2 Å². The molecule has 1 N–H and O–H groups in total. The second kappa shape index (κ2) is 9.73. The Labute approximate surface area is 143 Å². The minimum absolute atomic E-state index is 0.135. The summed E-state index contributed by atoms with van der Waals surface area (Å²) in [4.78, 5) is 12.1. The lowest BCUT2D eigenvalue weighted by molar-refractivity contribution is -0.127. The molecule has 128 valence electrons. The zero-order valence-corrected chi connectivity index (χ0v) is 14.3. The molecule has 0 unspecified atom stereocenters. The van der Waals surface area contributed by atoms with Gasteiger partial charge in [-0.25, -0.2) is 0 Å². The van der Waals surface area contributed by atoms with Crippen molar-refractivity contribution in [1.29, 1.82) is 0 Å². The van der Waals surface area contributed by atoms with E-state index < -0.39 is 6.10 Å². The average molecular weight is 327 g/mol. The minimum Gasteiger partial charge on any atom is -0.481 e. The standard InChI is InChI=1S/C20H25NO3/c1-3-18-11-7-8-12-19(18)24-16(2)20(22)21-13-14-23-15-17-9-5-4-6-10-17/h4-12,16H,3,13-15H2,1-2H3,(H,21,22)/t16-/m0/s1. The van der Waals surface area contributed by atoms with Crippen molar-refractivity contribution in [3.63, 3.8) is 0 Å². The van der Waals surface area contributed by atoms with Gasteiger partial charge in [0, 0.05) is 6.54 Å². The van der Waals surface area contributed by atoms with Crippen LogP contribution < -0.4 is 10.1 Å². The highest BCUT2D eigenvalue weighted by Crippen LogP contribution is 2.19. The van der Waals surface area contributed by atoms with Gasteiger partial charge in [0.15, 0.2) is 6.10 Å². The zero-order valence-electron chi connectivity index (χ0n) is 14.3. The molecule has 0 bridgehead atoms. The summed E-state index contributed by atoms with van der Waals surface area (Å²) >= 11 is 0. The first-order chi connectivity index (χ1) is 11.7. The highest BCUT2D eigenvalue weighted by molar-refractivity contribution is 5.80. The molecule has 0 aliphatic carbocycles. The predicted octanol–water partition coefficient (Wildman–Crippen LogP) is 3.35. The van der Waals surface area contributed by atoms with E-state index in [0.717, 1.165) is 23.3 Å². The Morgan fingerprint density at radius 1 is 1.08 bits per heavy atom. The Kier molecular flexibility index (Phi) is 7.30. The number of amides is 1. The van der Waals surface area contributed by atoms with Crippen LogP contribution in [-0.4, -0.2) is 25.2 Å². The Morgan fingerprint density at radius 2 is 1.79 bits per heavy atom. The number of para-hydroxylation sites is 1. The summed E-state index contributed by atoms with van der Waals surface area (Å²) in [6, 6.07) is 17.8. The summed E-state index contributed by atoms with van der Waals surface area (Å²) in [5, 5.41) is 2.84. The molecule has 24 heavy (non-hydrogen) atoms. The largest absolute Gasteiger partial charge is 0.481 e. The van der Waals surface area contributed by atoms with Gasteiger partial charge in [-0.15, -0.1) is 0 Å². The second-order valence-electron chi connectivity index (χ2n) is 5.55. The topological polar surface area (TPSA) is 47.6 Å². The number of hydrogen-bond donors (Lipinski definition) is 1. The van der Waals surface area contributed by atoms with Crippen molar-refractivity contribution in [2.24, 2.45) is 0 Å². The number of ether oxygens (including phenoxy) is 2. The van der Waals surface area contributed by atoms with Crippen LogP contribution in [0, 0.1) is 0 Å². The van der Waals surface area contributed by atoms with E-state index >= 15 is 0 Å². The molecule has 0 heterocycles. The van der Waals surface area contributed by atoms with E-state index in [1.807, 2.05) is 54.6 Å². The summed E-state index contributed by atoms with van der Waals surface area (Å²) < 4.78 is 11.3. The fourth-order valence-corrected chi connectivity index (χ4v) is 2.31. The van der Waals surface area contributed by atoms with Crippen LogP contribution in [0.3, 0.4) is 0 Å². The van der Waals surface area contributed by atoms with Crippen molar-refractivity contribution in [1.82, 2.24) is 5.32 Å². The van der Waals surface area contributed by atoms with E-state index in [1.54, 1.807) is 6.92 Å². The van der Waals surface area contributed by atoms with Crippen molar-refractivity contribution in [3.05, 3.63) is 65.7 Å². The smallest absolute Gasteiger partial charge is 0.260 e. The molecule has 1 amide bonds. The number of carbonyl (C=O) groups is 1. The molecule has 2 aromatic carbocycles. The molecule has 2 aromatic rings. The zero-order chi connectivity index (χ0) is 17.2. The van der Waals surface area contributed by atoms with Crippen molar-refractivity contribution < 1.29 is 14.3 Å². The van der Waals surface area contributed by atoms with Gasteiger partial charge in [-0.05, 0) is 30.5 Å². The molecule has 0 aliphatic rings. The van der Waals surface area contributed by atoms with Crippen molar-refractivity contribution in [2.45, 2.75) is 33.0 Å². The molecular formula is C20H25NO3. The highest BCUT2D eigenvalue weighted by Gasteiger charge is 2.15. The van der Waals surface area contributed by atoms with Crippen LogP contribution in [0.2, 0.25) is 0 Å². The van der Waals surface area contributed by atoms with Gasteiger partial charge in [-0.3, -0.25) is 4.79 Å². The third-order valence-electron chi connectivity index (χ3n) is 3.68. The Bertz CT molecular complexity index is 628. The maximum atomic E-state index is 12.1.